The quantitative estimate of drug-likeness (QED) is 0.413. The van der Waals surface area contributed by atoms with Gasteiger partial charge in [0.1, 0.15) is 6.04 Å². The number of nitrogens with one attached hydrogen (secondary N) is 1. The molecule has 4 rings (SSSR count). The van der Waals surface area contributed by atoms with Crippen LogP contribution in [0.25, 0.3) is 0 Å². The van der Waals surface area contributed by atoms with E-state index in [0.29, 0.717) is 10.4 Å². The zero-order chi connectivity index (χ0) is 23.4. The van der Waals surface area contributed by atoms with E-state index < -0.39 is 6.04 Å². The normalized spacial score (nSPS) is 15.1. The summed E-state index contributed by atoms with van der Waals surface area (Å²) in [7, 11) is 0. The maximum atomic E-state index is 13.9. The summed E-state index contributed by atoms with van der Waals surface area (Å²) in [6.45, 7) is 3.98. The van der Waals surface area contributed by atoms with Crippen LogP contribution in [0.2, 0.25) is 0 Å². The number of rotatable bonds is 6. The Bertz CT molecular complexity index is 1120. The Morgan fingerprint density at radius 1 is 0.970 bits per heavy atom. The molecule has 1 saturated carbocycles. The predicted molar refractivity (Wildman–Crippen MR) is 133 cm³/mol. The van der Waals surface area contributed by atoms with Crippen molar-refractivity contribution in [2.45, 2.75) is 58.0 Å². The fraction of sp³-hybridized carbons (Fsp3) is 0.333. The van der Waals surface area contributed by atoms with Crippen LogP contribution in [0.15, 0.2) is 69.8 Å². The molecule has 3 aromatic rings. The number of aryl methyl sites for hydroxylation is 1. The van der Waals surface area contributed by atoms with Crippen LogP contribution in [-0.2, 0) is 4.79 Å². The van der Waals surface area contributed by atoms with Gasteiger partial charge in [0.15, 0.2) is 10.4 Å². The third-order valence-electron chi connectivity index (χ3n) is 6.41. The van der Waals surface area contributed by atoms with Crippen molar-refractivity contribution in [3.63, 3.8) is 0 Å². The second kappa shape index (κ2) is 10.4. The molecule has 2 aromatic carbocycles. The van der Waals surface area contributed by atoms with Crippen LogP contribution in [0.4, 0.5) is 5.69 Å². The summed E-state index contributed by atoms with van der Waals surface area (Å²) in [5.74, 6) is -0.357. The Kier molecular flexibility index (Phi) is 7.33. The van der Waals surface area contributed by atoms with Crippen molar-refractivity contribution in [3.05, 3.63) is 87.8 Å². The number of hydrogen-bond acceptors (Lipinski definition) is 3. The van der Waals surface area contributed by atoms with Gasteiger partial charge in [-0.1, -0.05) is 61.7 Å². The minimum Gasteiger partial charge on any atom is -0.444 e. The lowest BCUT2D eigenvalue weighted by atomic mass is 9.94. The largest absolute Gasteiger partial charge is 0.444 e. The number of halogens is 1. The van der Waals surface area contributed by atoms with Gasteiger partial charge in [-0.3, -0.25) is 14.5 Å². The standard InChI is InChI=1S/C27H29BrN2O3/c1-18-10-9-15-22(19(18)2)30(27(32)23-16-17-24(28)33-23)25(20-11-5-3-6-12-20)26(31)29-21-13-7-4-8-14-21/h3,5-6,9-12,15-17,21,25H,4,7-8,13-14H2,1-2H3,(H,29,31). The Morgan fingerprint density at radius 3 is 2.36 bits per heavy atom. The van der Waals surface area contributed by atoms with Gasteiger partial charge >= 0.3 is 0 Å². The first-order valence-corrected chi connectivity index (χ1v) is 12.3. The first-order valence-electron chi connectivity index (χ1n) is 11.5. The van der Waals surface area contributed by atoms with Gasteiger partial charge in [-0.25, -0.2) is 0 Å². The van der Waals surface area contributed by atoms with Crippen LogP contribution in [0.3, 0.4) is 0 Å². The van der Waals surface area contributed by atoms with Crippen LogP contribution >= 0.6 is 15.9 Å². The Balaban J connectivity index is 1.82. The molecule has 2 amide bonds. The van der Waals surface area contributed by atoms with E-state index >= 15 is 0 Å². The van der Waals surface area contributed by atoms with Crippen LogP contribution in [0.5, 0.6) is 0 Å². The number of furan rings is 1. The molecule has 1 atom stereocenters. The Labute approximate surface area is 203 Å². The molecule has 1 N–H and O–H groups in total. The van der Waals surface area contributed by atoms with Gasteiger partial charge in [0, 0.05) is 11.7 Å². The first-order chi connectivity index (χ1) is 16.0. The smallest absolute Gasteiger partial charge is 0.295 e. The Hall–Kier alpha value is -2.86. The average molecular weight is 509 g/mol. The van der Waals surface area contributed by atoms with Crippen molar-refractivity contribution in [2.24, 2.45) is 0 Å². The highest BCUT2D eigenvalue weighted by molar-refractivity contribution is 9.10. The number of amides is 2. The molecule has 0 aliphatic heterocycles. The molecule has 1 aliphatic rings. The summed E-state index contributed by atoms with van der Waals surface area (Å²) in [4.78, 5) is 29.3. The zero-order valence-electron chi connectivity index (χ0n) is 19.0. The van der Waals surface area contributed by atoms with Gasteiger partial charge in [-0.05, 0) is 77.5 Å². The first kappa shape index (κ1) is 23.3. The maximum absolute atomic E-state index is 13.9. The highest BCUT2D eigenvalue weighted by Gasteiger charge is 2.36. The topological polar surface area (TPSA) is 62.6 Å². The minimum absolute atomic E-state index is 0.130. The molecule has 0 saturated heterocycles. The lowest BCUT2D eigenvalue weighted by molar-refractivity contribution is -0.123. The Morgan fingerprint density at radius 2 is 1.70 bits per heavy atom. The van der Waals surface area contributed by atoms with Gasteiger partial charge in [0.2, 0.25) is 5.91 Å². The molecule has 1 heterocycles. The number of anilines is 1. The molecule has 33 heavy (non-hydrogen) atoms. The van der Waals surface area contributed by atoms with Crippen LogP contribution < -0.4 is 10.2 Å². The van der Waals surface area contributed by atoms with E-state index in [1.54, 1.807) is 17.0 Å². The fourth-order valence-electron chi connectivity index (χ4n) is 4.49. The van der Waals surface area contributed by atoms with Gasteiger partial charge in [0.25, 0.3) is 5.91 Å². The van der Waals surface area contributed by atoms with Crippen molar-refractivity contribution in [1.82, 2.24) is 5.32 Å². The van der Waals surface area contributed by atoms with E-state index in [1.165, 1.54) is 6.42 Å². The molecule has 172 valence electrons. The van der Waals surface area contributed by atoms with Gasteiger partial charge in [-0.2, -0.15) is 0 Å². The molecule has 1 fully saturated rings. The van der Waals surface area contributed by atoms with E-state index in [0.717, 1.165) is 42.4 Å². The fourth-order valence-corrected chi connectivity index (χ4v) is 4.80. The monoisotopic (exact) mass is 508 g/mol. The van der Waals surface area contributed by atoms with Crippen molar-refractivity contribution >= 4 is 33.4 Å². The number of hydrogen-bond donors (Lipinski definition) is 1. The molecular formula is C27H29BrN2O3. The number of benzene rings is 2. The summed E-state index contributed by atoms with van der Waals surface area (Å²) in [6, 6.07) is 17.9. The number of nitrogens with zero attached hydrogens (tertiary/aromatic N) is 1. The second-order valence-electron chi connectivity index (χ2n) is 8.65. The molecule has 1 aliphatic carbocycles. The molecule has 0 spiro atoms. The number of carbonyl (C=O) groups excluding carboxylic acids is 2. The van der Waals surface area contributed by atoms with Crippen LogP contribution in [-0.4, -0.2) is 17.9 Å². The third kappa shape index (κ3) is 5.22. The second-order valence-corrected chi connectivity index (χ2v) is 9.44. The summed E-state index contributed by atoms with van der Waals surface area (Å²) in [5, 5.41) is 3.24. The maximum Gasteiger partial charge on any atom is 0.295 e. The molecule has 1 unspecified atom stereocenters. The SMILES string of the molecule is Cc1cccc(N(C(=O)c2ccc(Br)o2)C(C(=O)NC2CCCCC2)c2ccccc2)c1C. The van der Waals surface area contributed by atoms with Crippen molar-refractivity contribution < 1.29 is 14.0 Å². The van der Waals surface area contributed by atoms with E-state index in [9.17, 15) is 9.59 Å². The highest BCUT2D eigenvalue weighted by atomic mass is 79.9. The van der Waals surface area contributed by atoms with Gasteiger partial charge in [0.05, 0.1) is 0 Å². The van der Waals surface area contributed by atoms with Crippen molar-refractivity contribution in [2.75, 3.05) is 4.90 Å². The predicted octanol–water partition coefficient (Wildman–Crippen LogP) is 6.50. The van der Waals surface area contributed by atoms with Crippen LogP contribution in [0.1, 0.15) is 65.4 Å². The lowest BCUT2D eigenvalue weighted by Crippen LogP contribution is -2.47. The third-order valence-corrected chi connectivity index (χ3v) is 6.84. The minimum atomic E-state index is -0.829. The molecule has 6 heteroatoms. The molecular weight excluding hydrogens is 480 g/mol. The van der Waals surface area contributed by atoms with Crippen LogP contribution in [0, 0.1) is 13.8 Å². The van der Waals surface area contributed by atoms with E-state index in [-0.39, 0.29) is 23.6 Å². The number of carbonyl (C=O) groups is 2. The average Bonchev–Trinajstić information content (AvgIpc) is 3.26. The summed E-state index contributed by atoms with van der Waals surface area (Å²) < 4.78 is 6.09. The molecule has 5 nitrogen and oxygen atoms in total. The van der Waals surface area contributed by atoms with Gasteiger partial charge in [-0.15, -0.1) is 0 Å². The highest BCUT2D eigenvalue weighted by Crippen LogP contribution is 2.34. The summed E-state index contributed by atoms with van der Waals surface area (Å²) >= 11 is 3.29. The van der Waals surface area contributed by atoms with Crippen molar-refractivity contribution in [3.8, 4) is 0 Å². The van der Waals surface area contributed by atoms with Crippen molar-refractivity contribution in [1.29, 1.82) is 0 Å². The molecule has 0 radical (unpaired) electrons. The summed E-state index contributed by atoms with van der Waals surface area (Å²) in [6.07, 6.45) is 5.36. The van der Waals surface area contributed by atoms with E-state index in [2.05, 4.69) is 21.2 Å². The van der Waals surface area contributed by atoms with E-state index in [4.69, 9.17) is 4.42 Å². The molecule has 1 aromatic heterocycles. The van der Waals surface area contributed by atoms with Gasteiger partial charge < -0.3 is 9.73 Å². The zero-order valence-corrected chi connectivity index (χ0v) is 20.6. The van der Waals surface area contributed by atoms with E-state index in [1.807, 2.05) is 62.4 Å². The summed E-state index contributed by atoms with van der Waals surface area (Å²) in [5.41, 5.74) is 3.44. The molecule has 0 bridgehead atoms. The lowest BCUT2D eigenvalue weighted by Gasteiger charge is -2.34.